The van der Waals surface area contributed by atoms with E-state index in [1.165, 1.54) is 6.20 Å². The summed E-state index contributed by atoms with van der Waals surface area (Å²) in [5.74, 6) is -0.0660. The van der Waals surface area contributed by atoms with Crippen LogP contribution in [0.2, 0.25) is 5.02 Å². The standard InChI is InChI=1S/C12H21ClN4O/c1-12(2,14)7-10(18)11-9(13)8-15-17(11)6-5-16(3)4/h8H,5-7,14H2,1-4H3. The molecule has 0 unspecified atom stereocenters. The molecule has 1 aromatic heterocycles. The van der Waals surface area contributed by atoms with Crippen LogP contribution in [0.5, 0.6) is 0 Å². The van der Waals surface area contributed by atoms with E-state index in [-0.39, 0.29) is 12.2 Å². The van der Waals surface area contributed by atoms with Crippen LogP contribution >= 0.6 is 11.6 Å². The molecule has 0 aliphatic carbocycles. The fraction of sp³-hybridized carbons (Fsp3) is 0.667. The van der Waals surface area contributed by atoms with Gasteiger partial charge in [-0.2, -0.15) is 5.10 Å². The molecule has 5 nitrogen and oxygen atoms in total. The maximum atomic E-state index is 12.2. The average molecular weight is 273 g/mol. The second kappa shape index (κ2) is 5.82. The Morgan fingerprint density at radius 1 is 1.56 bits per heavy atom. The van der Waals surface area contributed by atoms with Gasteiger partial charge in [-0.15, -0.1) is 0 Å². The molecule has 1 heterocycles. The monoisotopic (exact) mass is 272 g/mol. The van der Waals surface area contributed by atoms with E-state index in [2.05, 4.69) is 5.10 Å². The van der Waals surface area contributed by atoms with Crippen molar-refractivity contribution in [2.45, 2.75) is 32.4 Å². The number of hydrogen-bond acceptors (Lipinski definition) is 4. The maximum absolute atomic E-state index is 12.2. The van der Waals surface area contributed by atoms with Gasteiger partial charge in [0.15, 0.2) is 5.78 Å². The SMILES string of the molecule is CN(C)CCn1ncc(Cl)c1C(=O)CC(C)(C)N. The molecule has 0 aromatic carbocycles. The number of carbonyl (C=O) groups excluding carboxylic acids is 1. The van der Waals surface area contributed by atoms with Gasteiger partial charge in [-0.05, 0) is 27.9 Å². The van der Waals surface area contributed by atoms with Crippen LogP contribution in [0.3, 0.4) is 0 Å². The zero-order valence-corrected chi connectivity index (χ0v) is 12.2. The molecule has 0 saturated heterocycles. The van der Waals surface area contributed by atoms with Crippen molar-refractivity contribution in [2.75, 3.05) is 20.6 Å². The van der Waals surface area contributed by atoms with Gasteiger partial charge in [-0.1, -0.05) is 11.6 Å². The fourth-order valence-electron chi connectivity index (χ4n) is 1.60. The van der Waals surface area contributed by atoms with Gasteiger partial charge in [0.2, 0.25) is 0 Å². The third-order valence-electron chi connectivity index (χ3n) is 2.43. The maximum Gasteiger partial charge on any atom is 0.184 e. The zero-order valence-electron chi connectivity index (χ0n) is 11.4. The first-order valence-electron chi connectivity index (χ1n) is 5.89. The average Bonchev–Trinajstić information content (AvgIpc) is 2.53. The van der Waals surface area contributed by atoms with Crippen LogP contribution < -0.4 is 5.73 Å². The number of aromatic nitrogens is 2. The van der Waals surface area contributed by atoms with E-state index in [0.717, 1.165) is 6.54 Å². The summed E-state index contributed by atoms with van der Waals surface area (Å²) in [5, 5.41) is 4.53. The number of likely N-dealkylation sites (N-methyl/N-ethyl adjacent to an activating group) is 1. The Morgan fingerprint density at radius 2 is 2.17 bits per heavy atom. The summed E-state index contributed by atoms with van der Waals surface area (Å²) < 4.78 is 1.65. The van der Waals surface area contributed by atoms with Crippen LogP contribution in [0.1, 0.15) is 30.8 Å². The molecule has 6 heteroatoms. The van der Waals surface area contributed by atoms with Crippen molar-refractivity contribution in [2.24, 2.45) is 5.73 Å². The molecule has 0 aliphatic rings. The number of hydrogen-bond donors (Lipinski definition) is 1. The molecular formula is C12H21ClN4O. The number of nitrogens with zero attached hydrogens (tertiary/aromatic N) is 3. The van der Waals surface area contributed by atoms with E-state index in [9.17, 15) is 4.79 Å². The minimum absolute atomic E-state index is 0.0660. The molecule has 0 atom stereocenters. The first-order valence-corrected chi connectivity index (χ1v) is 6.26. The number of nitrogens with two attached hydrogens (primary N) is 1. The van der Waals surface area contributed by atoms with E-state index in [1.54, 1.807) is 4.68 Å². The van der Waals surface area contributed by atoms with Crippen LogP contribution in [0.15, 0.2) is 6.20 Å². The Morgan fingerprint density at radius 3 is 2.67 bits per heavy atom. The number of halogens is 1. The van der Waals surface area contributed by atoms with Crippen molar-refractivity contribution in [1.82, 2.24) is 14.7 Å². The molecule has 2 N–H and O–H groups in total. The van der Waals surface area contributed by atoms with Crippen LogP contribution in [0.4, 0.5) is 0 Å². The normalized spacial score (nSPS) is 12.2. The predicted molar refractivity (Wildman–Crippen MR) is 73.0 cm³/mol. The third-order valence-corrected chi connectivity index (χ3v) is 2.71. The van der Waals surface area contributed by atoms with Crippen molar-refractivity contribution in [1.29, 1.82) is 0 Å². The Labute approximate surface area is 113 Å². The number of carbonyl (C=O) groups is 1. The lowest BCUT2D eigenvalue weighted by molar-refractivity contribution is 0.0949. The van der Waals surface area contributed by atoms with Crippen LogP contribution in [-0.2, 0) is 6.54 Å². The number of ketones is 1. The molecule has 18 heavy (non-hydrogen) atoms. The van der Waals surface area contributed by atoms with E-state index < -0.39 is 5.54 Å². The van der Waals surface area contributed by atoms with Gasteiger partial charge in [-0.3, -0.25) is 9.48 Å². The summed E-state index contributed by atoms with van der Waals surface area (Å²) in [6.45, 7) is 5.06. The molecule has 102 valence electrons. The Balaban J connectivity index is 2.87. The minimum Gasteiger partial charge on any atom is -0.325 e. The van der Waals surface area contributed by atoms with Gasteiger partial charge < -0.3 is 10.6 Å². The topological polar surface area (TPSA) is 64.2 Å². The Kier molecular flexibility index (Phi) is 4.90. The molecule has 0 fully saturated rings. The molecule has 0 spiro atoms. The van der Waals surface area contributed by atoms with Crippen molar-refractivity contribution < 1.29 is 4.79 Å². The second-order valence-corrected chi connectivity index (χ2v) is 5.86. The summed E-state index contributed by atoms with van der Waals surface area (Å²) in [4.78, 5) is 14.2. The summed E-state index contributed by atoms with van der Waals surface area (Å²) in [6, 6.07) is 0. The quantitative estimate of drug-likeness (QED) is 0.796. The smallest absolute Gasteiger partial charge is 0.184 e. The lowest BCUT2D eigenvalue weighted by Crippen LogP contribution is -2.35. The lowest BCUT2D eigenvalue weighted by atomic mass is 9.98. The fourth-order valence-corrected chi connectivity index (χ4v) is 1.85. The Bertz CT molecular complexity index is 420. The van der Waals surface area contributed by atoms with Gasteiger partial charge in [-0.25, -0.2) is 0 Å². The number of Topliss-reactive ketones (excluding diaryl/α,β-unsaturated/α-hetero) is 1. The van der Waals surface area contributed by atoms with E-state index in [0.29, 0.717) is 17.3 Å². The first-order chi connectivity index (χ1) is 8.20. The third kappa shape index (κ3) is 4.40. The highest BCUT2D eigenvalue weighted by molar-refractivity contribution is 6.33. The van der Waals surface area contributed by atoms with Gasteiger partial charge in [0.05, 0.1) is 17.8 Å². The predicted octanol–water partition coefficient (Wildman–Crippen LogP) is 1.41. The second-order valence-electron chi connectivity index (χ2n) is 5.46. The Hall–Kier alpha value is -0.910. The summed E-state index contributed by atoms with van der Waals surface area (Å²) in [5.41, 5.74) is 5.77. The molecule has 1 rings (SSSR count). The molecule has 0 bridgehead atoms. The molecule has 0 amide bonds. The van der Waals surface area contributed by atoms with E-state index in [4.69, 9.17) is 17.3 Å². The zero-order chi connectivity index (χ0) is 13.9. The number of rotatable bonds is 6. The van der Waals surface area contributed by atoms with E-state index >= 15 is 0 Å². The summed E-state index contributed by atoms with van der Waals surface area (Å²) in [7, 11) is 3.94. The van der Waals surface area contributed by atoms with Gasteiger partial charge in [0, 0.05) is 18.5 Å². The van der Waals surface area contributed by atoms with Gasteiger partial charge in [0.1, 0.15) is 5.69 Å². The molecule has 0 aliphatic heterocycles. The summed E-state index contributed by atoms with van der Waals surface area (Å²) >= 11 is 6.03. The van der Waals surface area contributed by atoms with Crippen molar-refractivity contribution >= 4 is 17.4 Å². The lowest BCUT2D eigenvalue weighted by Gasteiger charge is -2.18. The van der Waals surface area contributed by atoms with Gasteiger partial charge in [0.25, 0.3) is 0 Å². The highest BCUT2D eigenvalue weighted by Gasteiger charge is 2.23. The van der Waals surface area contributed by atoms with E-state index in [1.807, 2.05) is 32.8 Å². The minimum atomic E-state index is -0.545. The van der Waals surface area contributed by atoms with Crippen molar-refractivity contribution in [3.63, 3.8) is 0 Å². The van der Waals surface area contributed by atoms with Crippen molar-refractivity contribution in [3.8, 4) is 0 Å². The van der Waals surface area contributed by atoms with Gasteiger partial charge >= 0.3 is 0 Å². The molecular weight excluding hydrogens is 252 g/mol. The van der Waals surface area contributed by atoms with Crippen LogP contribution in [0.25, 0.3) is 0 Å². The first kappa shape index (κ1) is 15.1. The highest BCUT2D eigenvalue weighted by atomic mass is 35.5. The highest BCUT2D eigenvalue weighted by Crippen LogP contribution is 2.19. The van der Waals surface area contributed by atoms with Crippen LogP contribution in [-0.4, -0.2) is 46.6 Å². The molecule has 0 radical (unpaired) electrons. The van der Waals surface area contributed by atoms with Crippen molar-refractivity contribution in [3.05, 3.63) is 16.9 Å². The molecule has 1 aromatic rings. The largest absolute Gasteiger partial charge is 0.325 e. The molecule has 0 saturated carbocycles. The van der Waals surface area contributed by atoms with Crippen LogP contribution in [0, 0.1) is 0 Å². The summed E-state index contributed by atoms with van der Waals surface area (Å²) in [6.07, 6.45) is 1.76.